The van der Waals surface area contributed by atoms with Gasteiger partial charge in [-0.15, -0.1) is 0 Å². The van der Waals surface area contributed by atoms with Crippen LogP contribution in [0.25, 0.3) is 0 Å². The van der Waals surface area contributed by atoms with Gasteiger partial charge in [0, 0.05) is 38.8 Å². The second-order valence-corrected chi connectivity index (χ2v) is 5.28. The zero-order valence-corrected chi connectivity index (χ0v) is 10.6. The lowest BCUT2D eigenvalue weighted by Crippen LogP contribution is -2.51. The molecule has 0 amide bonds. The lowest BCUT2D eigenvalue weighted by Gasteiger charge is -2.38. The van der Waals surface area contributed by atoms with Crippen molar-refractivity contribution in [3.05, 3.63) is 0 Å². The van der Waals surface area contributed by atoms with Gasteiger partial charge in [0.1, 0.15) is 0 Å². The van der Waals surface area contributed by atoms with Gasteiger partial charge in [0.25, 0.3) is 0 Å². The number of ether oxygens (including phenoxy) is 1. The van der Waals surface area contributed by atoms with Crippen LogP contribution in [0.2, 0.25) is 0 Å². The predicted octanol–water partition coefficient (Wildman–Crippen LogP) is 0.129. The average molecular weight is 227 g/mol. The summed E-state index contributed by atoms with van der Waals surface area (Å²) in [5, 5.41) is 0. The summed E-state index contributed by atoms with van der Waals surface area (Å²) in [6.07, 6.45) is 3.06. The van der Waals surface area contributed by atoms with Gasteiger partial charge in [-0.1, -0.05) is 0 Å². The third-order valence-electron chi connectivity index (χ3n) is 3.96. The van der Waals surface area contributed by atoms with Gasteiger partial charge in [0.15, 0.2) is 0 Å². The first kappa shape index (κ1) is 12.3. The van der Waals surface area contributed by atoms with Crippen LogP contribution in [0.3, 0.4) is 0 Å². The van der Waals surface area contributed by atoms with Gasteiger partial charge in [0.2, 0.25) is 0 Å². The molecule has 0 aromatic heterocycles. The molecule has 16 heavy (non-hydrogen) atoms. The van der Waals surface area contributed by atoms with Crippen molar-refractivity contribution in [1.29, 1.82) is 0 Å². The molecule has 0 aromatic rings. The Morgan fingerprint density at radius 3 is 2.62 bits per heavy atom. The first-order chi connectivity index (χ1) is 7.69. The third kappa shape index (κ3) is 2.94. The van der Waals surface area contributed by atoms with E-state index in [4.69, 9.17) is 10.5 Å². The summed E-state index contributed by atoms with van der Waals surface area (Å²) >= 11 is 0. The van der Waals surface area contributed by atoms with Crippen molar-refractivity contribution in [2.75, 3.05) is 39.8 Å². The number of piperazine rings is 1. The highest BCUT2D eigenvalue weighted by molar-refractivity contribution is 4.82. The molecule has 2 rings (SSSR count). The van der Waals surface area contributed by atoms with Crippen molar-refractivity contribution in [2.24, 2.45) is 5.73 Å². The average Bonchev–Trinajstić information content (AvgIpc) is 2.71. The monoisotopic (exact) mass is 227 g/mol. The molecule has 0 aromatic carbocycles. The van der Waals surface area contributed by atoms with Gasteiger partial charge in [-0.2, -0.15) is 0 Å². The fourth-order valence-electron chi connectivity index (χ4n) is 2.67. The Labute approximate surface area is 98.7 Å². The summed E-state index contributed by atoms with van der Waals surface area (Å²) in [6, 6.07) is 0.667. The van der Waals surface area contributed by atoms with E-state index in [1.54, 1.807) is 0 Å². The highest BCUT2D eigenvalue weighted by atomic mass is 16.5. The molecule has 2 aliphatic rings. The molecule has 0 aliphatic carbocycles. The normalized spacial score (nSPS) is 38.1. The standard InChI is InChI=1S/C12H25N3O/c1-10-8-15(6-5-14(10)2)9-12-4-3-11(7-13)16-12/h10-12H,3-9,13H2,1-2H3. The molecule has 0 bridgehead atoms. The van der Waals surface area contributed by atoms with Crippen LogP contribution in [0.4, 0.5) is 0 Å². The van der Waals surface area contributed by atoms with E-state index in [0.29, 0.717) is 24.8 Å². The summed E-state index contributed by atoms with van der Waals surface area (Å²) < 4.78 is 5.90. The van der Waals surface area contributed by atoms with Gasteiger partial charge in [-0.05, 0) is 26.8 Å². The maximum Gasteiger partial charge on any atom is 0.0707 e. The van der Waals surface area contributed by atoms with Gasteiger partial charge in [0.05, 0.1) is 12.2 Å². The second kappa shape index (κ2) is 5.45. The molecule has 0 radical (unpaired) electrons. The van der Waals surface area contributed by atoms with Crippen LogP contribution < -0.4 is 5.73 Å². The molecule has 0 spiro atoms. The van der Waals surface area contributed by atoms with Gasteiger partial charge >= 0.3 is 0 Å². The molecule has 2 saturated heterocycles. The molecule has 2 aliphatic heterocycles. The molecule has 2 N–H and O–H groups in total. The number of nitrogens with zero attached hydrogens (tertiary/aromatic N) is 2. The minimum atomic E-state index is 0.315. The SMILES string of the molecule is CC1CN(CC2CCC(CN)O2)CCN1C. The molecular formula is C12H25N3O. The molecular weight excluding hydrogens is 202 g/mol. The Bertz CT molecular complexity index is 224. The Morgan fingerprint density at radius 1 is 1.25 bits per heavy atom. The number of hydrogen-bond donors (Lipinski definition) is 1. The Hall–Kier alpha value is -0.160. The zero-order valence-electron chi connectivity index (χ0n) is 10.6. The van der Waals surface area contributed by atoms with Crippen LogP contribution in [0.1, 0.15) is 19.8 Å². The first-order valence-electron chi connectivity index (χ1n) is 6.47. The zero-order chi connectivity index (χ0) is 11.5. The molecule has 4 nitrogen and oxygen atoms in total. The minimum absolute atomic E-state index is 0.315. The molecule has 3 unspecified atom stereocenters. The van der Waals surface area contributed by atoms with Crippen molar-refractivity contribution in [3.63, 3.8) is 0 Å². The summed E-state index contributed by atoms with van der Waals surface area (Å²) in [6.45, 7) is 7.58. The highest BCUT2D eigenvalue weighted by Crippen LogP contribution is 2.20. The fourth-order valence-corrected chi connectivity index (χ4v) is 2.67. The van der Waals surface area contributed by atoms with Crippen molar-refractivity contribution >= 4 is 0 Å². The van der Waals surface area contributed by atoms with E-state index >= 15 is 0 Å². The van der Waals surface area contributed by atoms with Gasteiger partial charge in [-0.3, -0.25) is 4.90 Å². The third-order valence-corrected chi connectivity index (χ3v) is 3.96. The van der Waals surface area contributed by atoms with Gasteiger partial charge in [-0.25, -0.2) is 0 Å². The first-order valence-corrected chi connectivity index (χ1v) is 6.47. The van der Waals surface area contributed by atoms with E-state index in [1.807, 2.05) is 0 Å². The van der Waals surface area contributed by atoms with Crippen LogP contribution in [0, 0.1) is 0 Å². The molecule has 0 saturated carbocycles. The van der Waals surface area contributed by atoms with Crippen LogP contribution in [0.15, 0.2) is 0 Å². The lowest BCUT2D eigenvalue weighted by atomic mass is 10.1. The predicted molar refractivity (Wildman–Crippen MR) is 65.5 cm³/mol. The van der Waals surface area contributed by atoms with E-state index in [1.165, 1.54) is 26.1 Å². The summed E-state index contributed by atoms with van der Waals surface area (Å²) in [4.78, 5) is 4.96. The summed E-state index contributed by atoms with van der Waals surface area (Å²) in [5.74, 6) is 0. The molecule has 2 heterocycles. The topological polar surface area (TPSA) is 41.7 Å². The van der Waals surface area contributed by atoms with Crippen molar-refractivity contribution in [1.82, 2.24) is 9.80 Å². The quantitative estimate of drug-likeness (QED) is 0.744. The van der Waals surface area contributed by atoms with E-state index in [2.05, 4.69) is 23.8 Å². The highest BCUT2D eigenvalue weighted by Gasteiger charge is 2.28. The molecule has 4 heteroatoms. The van der Waals surface area contributed by atoms with E-state index in [0.717, 1.165) is 13.0 Å². The maximum absolute atomic E-state index is 5.90. The van der Waals surface area contributed by atoms with Crippen molar-refractivity contribution in [2.45, 2.75) is 38.0 Å². The molecule has 3 atom stereocenters. The van der Waals surface area contributed by atoms with Crippen LogP contribution >= 0.6 is 0 Å². The van der Waals surface area contributed by atoms with E-state index < -0.39 is 0 Å². The van der Waals surface area contributed by atoms with Crippen LogP contribution in [-0.4, -0.2) is 67.8 Å². The Morgan fingerprint density at radius 2 is 2.00 bits per heavy atom. The number of hydrogen-bond acceptors (Lipinski definition) is 4. The van der Waals surface area contributed by atoms with E-state index in [-0.39, 0.29) is 0 Å². The van der Waals surface area contributed by atoms with E-state index in [9.17, 15) is 0 Å². The summed E-state index contributed by atoms with van der Waals surface area (Å²) in [7, 11) is 2.21. The summed E-state index contributed by atoms with van der Waals surface area (Å²) in [5.41, 5.74) is 5.62. The Kier molecular flexibility index (Phi) is 4.19. The lowest BCUT2D eigenvalue weighted by molar-refractivity contribution is 0.00979. The molecule has 2 fully saturated rings. The maximum atomic E-state index is 5.90. The Balaban J connectivity index is 1.74. The van der Waals surface area contributed by atoms with Crippen molar-refractivity contribution < 1.29 is 4.74 Å². The smallest absolute Gasteiger partial charge is 0.0707 e. The largest absolute Gasteiger partial charge is 0.372 e. The number of rotatable bonds is 3. The fraction of sp³-hybridized carbons (Fsp3) is 1.00. The molecule has 94 valence electrons. The number of likely N-dealkylation sites (N-methyl/N-ethyl adjacent to an activating group) is 1. The second-order valence-electron chi connectivity index (χ2n) is 5.28. The minimum Gasteiger partial charge on any atom is -0.372 e. The van der Waals surface area contributed by atoms with Crippen molar-refractivity contribution in [3.8, 4) is 0 Å². The number of nitrogens with two attached hydrogens (primary N) is 1. The van der Waals surface area contributed by atoms with Crippen LogP contribution in [-0.2, 0) is 4.74 Å². The van der Waals surface area contributed by atoms with Crippen LogP contribution in [0.5, 0.6) is 0 Å². The van der Waals surface area contributed by atoms with Gasteiger partial charge < -0.3 is 15.4 Å².